The van der Waals surface area contributed by atoms with Crippen molar-refractivity contribution in [3.8, 4) is 11.5 Å². The van der Waals surface area contributed by atoms with Gasteiger partial charge in [-0.3, -0.25) is 9.78 Å². The number of benzene rings is 1. The van der Waals surface area contributed by atoms with Crippen molar-refractivity contribution in [2.45, 2.75) is 19.0 Å². The molecule has 5 nitrogen and oxygen atoms in total. The molecule has 0 radical (unpaired) electrons. The van der Waals surface area contributed by atoms with Crippen LogP contribution in [0.25, 0.3) is 0 Å². The van der Waals surface area contributed by atoms with Gasteiger partial charge in [-0.05, 0) is 31.1 Å². The van der Waals surface area contributed by atoms with Crippen molar-refractivity contribution in [2.24, 2.45) is 0 Å². The molecule has 0 saturated heterocycles. The third-order valence-electron chi connectivity index (χ3n) is 3.89. The monoisotopic (exact) mass is 530 g/mol. The molecule has 1 aromatic heterocycles. The number of carbonyl (C=O) groups is 1. The minimum Gasteiger partial charge on any atom is -0.490 e. The van der Waals surface area contributed by atoms with Crippen LogP contribution in [0.4, 0.5) is 13.2 Å². The largest absolute Gasteiger partial charge is 0.490 e. The SMILES string of the molecule is O=C(NCCCCOc1c(Cl)cc(OCC=C(Cl)Cl)cc1Cl)c1ccc(C(F)(F)F)cn1. The van der Waals surface area contributed by atoms with E-state index < -0.39 is 17.6 Å². The molecule has 1 N–H and O–H groups in total. The maximum atomic E-state index is 12.5. The Morgan fingerprint density at radius 3 is 2.34 bits per heavy atom. The summed E-state index contributed by atoms with van der Waals surface area (Å²) >= 11 is 23.4. The van der Waals surface area contributed by atoms with Crippen molar-refractivity contribution >= 4 is 52.3 Å². The van der Waals surface area contributed by atoms with E-state index in [-0.39, 0.29) is 40.0 Å². The van der Waals surface area contributed by atoms with E-state index in [0.29, 0.717) is 30.5 Å². The van der Waals surface area contributed by atoms with Gasteiger partial charge in [-0.25, -0.2) is 0 Å². The van der Waals surface area contributed by atoms with Crippen LogP contribution < -0.4 is 14.8 Å². The van der Waals surface area contributed by atoms with Gasteiger partial charge in [0.25, 0.3) is 5.91 Å². The Morgan fingerprint density at radius 2 is 1.78 bits per heavy atom. The van der Waals surface area contributed by atoms with Gasteiger partial charge < -0.3 is 14.8 Å². The molecule has 174 valence electrons. The highest BCUT2D eigenvalue weighted by Gasteiger charge is 2.30. The van der Waals surface area contributed by atoms with Crippen LogP contribution in [0.1, 0.15) is 28.9 Å². The smallest absolute Gasteiger partial charge is 0.417 e. The molecule has 12 heteroatoms. The number of rotatable bonds is 10. The van der Waals surface area contributed by atoms with Crippen molar-refractivity contribution in [3.63, 3.8) is 0 Å². The third-order valence-corrected chi connectivity index (χ3v) is 4.76. The second-order valence-electron chi connectivity index (χ2n) is 6.26. The molecule has 0 atom stereocenters. The maximum Gasteiger partial charge on any atom is 0.417 e. The first-order valence-electron chi connectivity index (χ1n) is 9.15. The van der Waals surface area contributed by atoms with Crippen LogP contribution in [0, 0.1) is 0 Å². The Balaban J connectivity index is 1.73. The van der Waals surface area contributed by atoms with Gasteiger partial charge in [0.2, 0.25) is 0 Å². The van der Waals surface area contributed by atoms with Gasteiger partial charge in [0.05, 0.1) is 22.2 Å². The highest BCUT2D eigenvalue weighted by Crippen LogP contribution is 2.37. The number of halogens is 7. The minimum absolute atomic E-state index is 0.0777. The average Bonchev–Trinajstić information content (AvgIpc) is 2.71. The molecule has 1 aromatic carbocycles. The Hall–Kier alpha value is -1.87. The maximum absolute atomic E-state index is 12.5. The Kier molecular flexibility index (Phi) is 10.2. The van der Waals surface area contributed by atoms with Crippen LogP contribution >= 0.6 is 46.4 Å². The predicted octanol–water partition coefficient (Wildman–Crippen LogP) is 6.69. The first-order valence-corrected chi connectivity index (χ1v) is 10.7. The molecule has 0 saturated carbocycles. The number of alkyl halides is 3. The number of nitrogens with zero attached hydrogens (tertiary/aromatic N) is 1. The summed E-state index contributed by atoms with van der Waals surface area (Å²) in [6, 6.07) is 4.91. The lowest BCUT2D eigenvalue weighted by Crippen LogP contribution is -2.25. The number of ether oxygens (including phenoxy) is 2. The Bertz CT molecular complexity index is 927. The lowest BCUT2D eigenvalue weighted by atomic mass is 10.2. The van der Waals surface area contributed by atoms with Crippen LogP contribution in [0.2, 0.25) is 10.0 Å². The van der Waals surface area contributed by atoms with Gasteiger partial charge in [0, 0.05) is 24.9 Å². The van der Waals surface area contributed by atoms with Crippen molar-refractivity contribution in [3.05, 3.63) is 62.3 Å². The first kappa shape index (κ1) is 26.4. The number of aromatic nitrogens is 1. The minimum atomic E-state index is -4.50. The quantitative estimate of drug-likeness (QED) is 0.347. The summed E-state index contributed by atoms with van der Waals surface area (Å²) in [4.78, 5) is 15.5. The molecular weight excluding hydrogens is 515 g/mol. The number of amides is 1. The molecule has 2 rings (SSSR count). The summed E-state index contributed by atoms with van der Waals surface area (Å²) in [6.07, 6.45) is -1.31. The zero-order valence-electron chi connectivity index (χ0n) is 16.3. The van der Waals surface area contributed by atoms with E-state index in [2.05, 4.69) is 10.3 Å². The van der Waals surface area contributed by atoms with E-state index in [9.17, 15) is 18.0 Å². The van der Waals surface area contributed by atoms with Crippen molar-refractivity contribution in [1.29, 1.82) is 0 Å². The number of nitrogens with one attached hydrogen (secondary N) is 1. The molecule has 0 fully saturated rings. The molecule has 0 spiro atoms. The van der Waals surface area contributed by atoms with Crippen LogP contribution in [0.5, 0.6) is 11.5 Å². The zero-order valence-corrected chi connectivity index (χ0v) is 19.3. The third kappa shape index (κ3) is 8.58. The second-order valence-corrected chi connectivity index (χ2v) is 8.08. The van der Waals surface area contributed by atoms with Gasteiger partial charge in [-0.15, -0.1) is 0 Å². The van der Waals surface area contributed by atoms with Gasteiger partial charge in [-0.1, -0.05) is 46.4 Å². The van der Waals surface area contributed by atoms with Gasteiger partial charge in [0.15, 0.2) is 5.75 Å². The zero-order chi connectivity index (χ0) is 23.7. The van der Waals surface area contributed by atoms with Crippen molar-refractivity contribution in [2.75, 3.05) is 19.8 Å². The van der Waals surface area contributed by atoms with Crippen LogP contribution in [0.3, 0.4) is 0 Å². The van der Waals surface area contributed by atoms with Crippen LogP contribution in [-0.4, -0.2) is 30.6 Å². The van der Waals surface area contributed by atoms with Gasteiger partial charge >= 0.3 is 6.18 Å². The number of carbonyl (C=O) groups excluding carboxylic acids is 1. The fourth-order valence-corrected chi connectivity index (χ4v) is 3.05. The van der Waals surface area contributed by atoms with Crippen molar-refractivity contribution in [1.82, 2.24) is 10.3 Å². The normalized spacial score (nSPS) is 11.1. The van der Waals surface area contributed by atoms with E-state index >= 15 is 0 Å². The molecule has 1 heterocycles. The predicted molar refractivity (Wildman–Crippen MR) is 118 cm³/mol. The van der Waals surface area contributed by atoms with E-state index in [1.807, 2.05) is 0 Å². The first-order chi connectivity index (χ1) is 15.1. The lowest BCUT2D eigenvalue weighted by Gasteiger charge is -2.12. The average molecular weight is 532 g/mol. The van der Waals surface area contributed by atoms with Crippen LogP contribution in [0.15, 0.2) is 41.0 Å². The summed E-state index contributed by atoms with van der Waals surface area (Å²) < 4.78 is 48.6. The van der Waals surface area contributed by atoms with E-state index in [0.717, 1.165) is 12.1 Å². The molecule has 0 aliphatic carbocycles. The summed E-state index contributed by atoms with van der Waals surface area (Å²) in [7, 11) is 0. The number of pyridine rings is 1. The molecule has 0 aliphatic rings. The molecule has 0 unspecified atom stereocenters. The summed E-state index contributed by atoms with van der Waals surface area (Å²) in [5.74, 6) is 0.147. The topological polar surface area (TPSA) is 60.5 Å². The highest BCUT2D eigenvalue weighted by atomic mass is 35.5. The van der Waals surface area contributed by atoms with E-state index in [1.54, 1.807) is 0 Å². The fourth-order valence-electron chi connectivity index (χ4n) is 2.35. The molecule has 2 aromatic rings. The molecular formula is C20H17Cl4F3N2O3. The van der Waals surface area contributed by atoms with Gasteiger partial charge in [-0.2, -0.15) is 13.2 Å². The fraction of sp³-hybridized carbons (Fsp3) is 0.300. The number of unbranched alkanes of at least 4 members (excludes halogenated alkanes) is 1. The Morgan fingerprint density at radius 1 is 1.09 bits per heavy atom. The molecule has 32 heavy (non-hydrogen) atoms. The Labute approximate surface area is 202 Å². The standard InChI is InChI=1S/C20H17Cl4F3N2O3/c21-14-9-13(31-8-5-17(23)24)10-15(22)18(14)32-7-2-1-6-28-19(30)16-4-3-12(11-29-16)20(25,26)27/h3-5,9-11H,1-2,6-8H2,(H,28,30). The number of hydrogen-bond acceptors (Lipinski definition) is 4. The van der Waals surface area contributed by atoms with E-state index in [1.165, 1.54) is 18.2 Å². The summed E-state index contributed by atoms with van der Waals surface area (Å²) in [5.41, 5.74) is -1.02. The van der Waals surface area contributed by atoms with Crippen LogP contribution in [-0.2, 0) is 6.18 Å². The van der Waals surface area contributed by atoms with E-state index in [4.69, 9.17) is 55.9 Å². The molecule has 0 bridgehead atoms. The second kappa shape index (κ2) is 12.4. The van der Waals surface area contributed by atoms with Gasteiger partial charge in [0.1, 0.15) is 22.5 Å². The summed E-state index contributed by atoms with van der Waals surface area (Å²) in [6.45, 7) is 0.706. The lowest BCUT2D eigenvalue weighted by molar-refractivity contribution is -0.137. The molecule has 0 aliphatic heterocycles. The summed E-state index contributed by atoms with van der Waals surface area (Å²) in [5, 5.41) is 3.10. The molecule has 1 amide bonds. The number of hydrogen-bond donors (Lipinski definition) is 1. The van der Waals surface area contributed by atoms with Crippen molar-refractivity contribution < 1.29 is 27.4 Å². The highest BCUT2D eigenvalue weighted by molar-refractivity contribution is 6.55.